The van der Waals surface area contributed by atoms with Gasteiger partial charge in [0.1, 0.15) is 40.9 Å². The molecule has 1 N–H and O–H groups in total. The quantitative estimate of drug-likeness (QED) is 0.0320. The first-order chi connectivity index (χ1) is 31.8. The Morgan fingerprint density at radius 2 is 1.46 bits per heavy atom. The number of benzene rings is 3. The molecule has 3 aromatic carbocycles. The molecule has 5 aromatic rings. The number of nitriles is 1. The van der Waals surface area contributed by atoms with Gasteiger partial charge in [-0.1, -0.05) is 89.2 Å². The second kappa shape index (κ2) is 22.1. The average Bonchev–Trinajstić information content (AvgIpc) is 3.86. The molecule has 2 aromatic heterocycles. The number of hydrogen-bond donors (Lipinski definition) is 1. The summed E-state index contributed by atoms with van der Waals surface area (Å²) >= 11 is 0. The number of nitrogens with zero attached hydrogens (tertiary/aromatic N) is 6. The Bertz CT molecular complexity index is 2370. The van der Waals surface area contributed by atoms with E-state index in [1.165, 1.54) is 0 Å². The zero-order valence-electron chi connectivity index (χ0n) is 41.2. The fourth-order valence-electron chi connectivity index (χ4n) is 7.84. The maximum absolute atomic E-state index is 12.9. The van der Waals surface area contributed by atoms with Gasteiger partial charge in [-0.05, 0) is 86.8 Å². The topological polar surface area (TPSA) is 164 Å². The Morgan fingerprint density at radius 1 is 0.881 bits per heavy atom. The van der Waals surface area contributed by atoms with E-state index in [1.807, 2.05) is 85.1 Å². The highest BCUT2D eigenvalue weighted by atomic mass is 31.2. The summed E-state index contributed by atoms with van der Waals surface area (Å²) in [4.78, 5) is 26.8. The van der Waals surface area contributed by atoms with Crippen molar-refractivity contribution in [2.24, 2.45) is 5.92 Å². The predicted octanol–water partition coefficient (Wildman–Crippen LogP) is 10.4. The molecule has 0 aliphatic carbocycles. The summed E-state index contributed by atoms with van der Waals surface area (Å²) in [6.45, 7) is 23.2. The normalized spacial score (nSPS) is 18.5. The lowest BCUT2D eigenvalue weighted by Gasteiger charge is -2.42. The molecule has 17 heteroatoms. The van der Waals surface area contributed by atoms with Crippen molar-refractivity contribution in [2.45, 2.75) is 129 Å². The van der Waals surface area contributed by atoms with Crippen LogP contribution in [0, 0.1) is 17.2 Å². The molecule has 1 saturated heterocycles. The SMILES string of the molecule is COc1ccc(C(OC[C@H]2O[C@@H](n3cnc4cnc(NC(=O)C(C)C)nc43)C(O[Si](C)(C)C(C)(C)C)C2OP(OCCC#N)N(C(C)C)C(C)C)(c2ccccc2)c2ccc(OC)cc2)cc1. The molecule has 0 saturated carbocycles. The summed E-state index contributed by atoms with van der Waals surface area (Å²) in [5.74, 6) is 1.05. The van der Waals surface area contributed by atoms with Crippen LogP contribution in [0.4, 0.5) is 5.95 Å². The molecule has 15 nitrogen and oxygen atoms in total. The molecule has 0 spiro atoms. The number of imidazole rings is 1. The third-order valence-corrected chi connectivity index (χ3v) is 19.0. The fraction of sp³-hybridized carbons (Fsp3) is 0.500. The molecule has 3 heterocycles. The molecule has 1 aliphatic heterocycles. The van der Waals surface area contributed by atoms with Crippen LogP contribution in [0.3, 0.4) is 0 Å². The highest BCUT2D eigenvalue weighted by molar-refractivity contribution is 7.44. The van der Waals surface area contributed by atoms with E-state index >= 15 is 0 Å². The lowest BCUT2D eigenvalue weighted by Crippen LogP contribution is -2.50. The molecule has 1 aliphatic rings. The van der Waals surface area contributed by atoms with E-state index < -0.39 is 47.0 Å². The van der Waals surface area contributed by atoms with E-state index in [4.69, 9.17) is 42.4 Å². The molecule has 6 rings (SSSR count). The molecule has 1 fully saturated rings. The van der Waals surface area contributed by atoms with Crippen molar-refractivity contribution in [1.82, 2.24) is 24.2 Å². The van der Waals surface area contributed by atoms with Gasteiger partial charge in [-0.25, -0.2) is 14.6 Å². The van der Waals surface area contributed by atoms with Gasteiger partial charge >= 0.3 is 0 Å². The van der Waals surface area contributed by atoms with E-state index in [0.29, 0.717) is 22.7 Å². The van der Waals surface area contributed by atoms with E-state index in [-0.39, 0.29) is 54.5 Å². The molecule has 360 valence electrons. The van der Waals surface area contributed by atoms with Gasteiger partial charge in [0.05, 0.1) is 52.4 Å². The van der Waals surface area contributed by atoms with Crippen molar-refractivity contribution in [1.29, 1.82) is 5.26 Å². The first kappa shape index (κ1) is 51.6. The number of fused-ring (bicyclic) bond motifs is 1. The van der Waals surface area contributed by atoms with E-state index in [9.17, 15) is 10.1 Å². The van der Waals surface area contributed by atoms with Gasteiger partial charge in [-0.15, -0.1) is 0 Å². The lowest BCUT2D eigenvalue weighted by atomic mass is 9.80. The summed E-state index contributed by atoms with van der Waals surface area (Å²) in [7, 11) is -1.15. The maximum atomic E-state index is 12.9. The number of carbonyl (C=O) groups excluding carboxylic acids is 1. The van der Waals surface area contributed by atoms with Crippen LogP contribution in [0.15, 0.2) is 91.4 Å². The number of amides is 1. The van der Waals surface area contributed by atoms with Crippen LogP contribution >= 0.6 is 8.53 Å². The second-order valence-corrected chi connectivity index (χ2v) is 25.2. The van der Waals surface area contributed by atoms with Crippen LogP contribution in [0.1, 0.15) is 91.7 Å². The standard InChI is InChI=1S/C50H68N7O8PSi/c1-33(2)46(58)55-48-52-30-41-45(54-48)56(32-53-41)47-44(65-67(12,13)49(7,8)9)43(64-66(62-29-17-28-51)57(34(3)4)35(5)6)42(63-47)31-61-50(36-18-15-14-16-19-36,37-20-24-39(59-10)25-21-37)38-22-26-40(60-11)27-23-38/h14-16,18-27,30,32-35,42-44,47H,17,29,31H2,1-13H3,(H,52,54,55,58)/t42-,43?,44?,47-,66?/m1/s1. The van der Waals surface area contributed by atoms with E-state index in [2.05, 4.69) is 94.7 Å². The van der Waals surface area contributed by atoms with Crippen LogP contribution in [0.25, 0.3) is 11.2 Å². The van der Waals surface area contributed by atoms with Crippen LogP contribution in [0.5, 0.6) is 11.5 Å². The van der Waals surface area contributed by atoms with Gasteiger partial charge in [0, 0.05) is 18.0 Å². The number of anilines is 1. The van der Waals surface area contributed by atoms with Gasteiger partial charge in [0.25, 0.3) is 8.53 Å². The van der Waals surface area contributed by atoms with Crippen molar-refractivity contribution in [3.8, 4) is 17.6 Å². The number of nitrogens with one attached hydrogen (secondary N) is 1. The monoisotopic (exact) mass is 953 g/mol. The molecular weight excluding hydrogens is 886 g/mol. The third kappa shape index (κ3) is 11.6. The van der Waals surface area contributed by atoms with Crippen molar-refractivity contribution < 1.29 is 37.2 Å². The van der Waals surface area contributed by atoms with Crippen molar-refractivity contribution in [2.75, 3.05) is 32.8 Å². The number of rotatable bonds is 21. The highest BCUT2D eigenvalue weighted by Gasteiger charge is 2.54. The number of ether oxygens (including phenoxy) is 4. The Hall–Kier alpha value is -4.82. The minimum Gasteiger partial charge on any atom is -0.497 e. The molecule has 1 amide bonds. The zero-order valence-corrected chi connectivity index (χ0v) is 43.1. The summed E-state index contributed by atoms with van der Waals surface area (Å²) in [5.41, 5.74) is 2.35. The number of methoxy groups -OCH3 is 2. The lowest BCUT2D eigenvalue weighted by molar-refractivity contribution is -0.118. The number of carbonyl (C=O) groups is 1. The zero-order chi connectivity index (χ0) is 48.7. The van der Waals surface area contributed by atoms with E-state index in [0.717, 1.165) is 16.7 Å². The molecule has 67 heavy (non-hydrogen) atoms. The van der Waals surface area contributed by atoms with Gasteiger partial charge in [-0.3, -0.25) is 14.7 Å². The number of hydrogen-bond acceptors (Lipinski definition) is 13. The fourth-order valence-corrected chi connectivity index (χ4v) is 10.9. The highest BCUT2D eigenvalue weighted by Crippen LogP contribution is 2.53. The van der Waals surface area contributed by atoms with Crippen LogP contribution in [0.2, 0.25) is 18.1 Å². The van der Waals surface area contributed by atoms with Crippen LogP contribution < -0.4 is 14.8 Å². The molecule has 3 unspecified atom stereocenters. The van der Waals surface area contributed by atoms with Gasteiger partial charge in [0.2, 0.25) is 11.9 Å². The minimum atomic E-state index is -2.64. The Kier molecular flexibility index (Phi) is 17.0. The molecule has 0 bridgehead atoms. The molecular formula is C50H68N7O8PSi. The van der Waals surface area contributed by atoms with Crippen molar-refractivity contribution >= 4 is 39.9 Å². The summed E-state index contributed by atoms with van der Waals surface area (Å²) in [6.07, 6.45) is 0.254. The molecule has 0 radical (unpaired) electrons. The summed E-state index contributed by atoms with van der Waals surface area (Å²) in [6, 6.07) is 28.2. The summed E-state index contributed by atoms with van der Waals surface area (Å²) < 4.78 is 51.7. The van der Waals surface area contributed by atoms with Gasteiger partial charge in [-0.2, -0.15) is 10.2 Å². The van der Waals surface area contributed by atoms with E-state index in [1.54, 1.807) is 26.7 Å². The van der Waals surface area contributed by atoms with Crippen LogP contribution in [-0.4, -0.2) is 96.2 Å². The third-order valence-electron chi connectivity index (χ3n) is 12.4. The van der Waals surface area contributed by atoms with Crippen LogP contribution in [-0.2, 0) is 33.3 Å². The smallest absolute Gasteiger partial charge is 0.259 e. The Balaban J connectivity index is 1.57. The first-order valence-corrected chi connectivity index (χ1v) is 27.0. The largest absolute Gasteiger partial charge is 0.497 e. The van der Waals surface area contributed by atoms with Gasteiger partial charge in [0.15, 0.2) is 20.2 Å². The second-order valence-electron chi connectivity index (χ2n) is 19.0. The predicted molar refractivity (Wildman–Crippen MR) is 263 cm³/mol. The molecule has 5 atom stereocenters. The maximum Gasteiger partial charge on any atom is 0.259 e. The Labute approximate surface area is 398 Å². The van der Waals surface area contributed by atoms with Crippen molar-refractivity contribution in [3.05, 3.63) is 108 Å². The first-order valence-electron chi connectivity index (χ1n) is 22.9. The average molecular weight is 954 g/mol. The summed E-state index contributed by atoms with van der Waals surface area (Å²) in [5, 5.41) is 12.3. The van der Waals surface area contributed by atoms with Crippen molar-refractivity contribution in [3.63, 3.8) is 0 Å². The minimum absolute atomic E-state index is 0.00746. The van der Waals surface area contributed by atoms with Gasteiger partial charge < -0.3 is 32.4 Å². The number of aromatic nitrogens is 4. The Morgan fingerprint density at radius 3 is 1.99 bits per heavy atom.